The number of methoxy groups -OCH3 is 1. The Bertz CT molecular complexity index is 1020. The van der Waals surface area contributed by atoms with Crippen LogP contribution in [0.1, 0.15) is 22.3 Å². The van der Waals surface area contributed by atoms with Gasteiger partial charge < -0.3 is 20.1 Å². The van der Waals surface area contributed by atoms with Crippen LogP contribution in [-0.2, 0) is 11.3 Å². The van der Waals surface area contributed by atoms with E-state index in [0.717, 1.165) is 33.7 Å². The third-order valence-corrected chi connectivity index (χ3v) is 4.70. The minimum atomic E-state index is -0.855. The molecule has 144 valence electrons. The third-order valence-electron chi connectivity index (χ3n) is 4.70. The van der Waals surface area contributed by atoms with E-state index < -0.39 is 11.9 Å². The fraction of sp³-hybridized carbons (Fsp3) is 0.182. The molecule has 3 aromatic rings. The van der Waals surface area contributed by atoms with Gasteiger partial charge in [0.1, 0.15) is 5.75 Å². The Hall–Kier alpha value is -3.54. The summed E-state index contributed by atoms with van der Waals surface area (Å²) in [6.07, 6.45) is 1.90. The molecule has 6 nitrogen and oxygen atoms in total. The Morgan fingerprint density at radius 1 is 1.07 bits per heavy atom. The highest BCUT2D eigenvalue weighted by Gasteiger charge is 2.17. The second kappa shape index (κ2) is 8.00. The van der Waals surface area contributed by atoms with Crippen LogP contribution in [0.25, 0.3) is 22.4 Å². The van der Waals surface area contributed by atoms with Crippen LogP contribution in [0.2, 0.25) is 0 Å². The highest BCUT2D eigenvalue weighted by atomic mass is 16.5. The first-order valence-corrected chi connectivity index (χ1v) is 8.87. The number of hydrogen-bond donors (Lipinski definition) is 2. The zero-order valence-electron chi connectivity index (χ0n) is 15.8. The predicted molar refractivity (Wildman–Crippen MR) is 107 cm³/mol. The van der Waals surface area contributed by atoms with Crippen LogP contribution in [0.15, 0.2) is 54.7 Å². The van der Waals surface area contributed by atoms with Crippen molar-refractivity contribution in [2.24, 2.45) is 5.73 Å². The molecule has 1 amide bonds. The van der Waals surface area contributed by atoms with Gasteiger partial charge in [-0.25, -0.2) is 0 Å². The molecule has 0 bridgehead atoms. The Labute approximate surface area is 163 Å². The van der Waals surface area contributed by atoms with E-state index in [4.69, 9.17) is 15.6 Å². The minimum absolute atomic E-state index is 0.0160. The number of aliphatic carboxylic acids is 1. The van der Waals surface area contributed by atoms with Gasteiger partial charge in [0, 0.05) is 29.4 Å². The van der Waals surface area contributed by atoms with Crippen molar-refractivity contribution in [3.05, 3.63) is 65.9 Å². The van der Waals surface area contributed by atoms with Gasteiger partial charge in [-0.15, -0.1) is 0 Å². The maximum Gasteiger partial charge on any atom is 0.305 e. The number of carbonyl (C=O) groups is 2. The van der Waals surface area contributed by atoms with E-state index in [1.807, 2.05) is 54.1 Å². The van der Waals surface area contributed by atoms with Crippen molar-refractivity contribution in [1.82, 2.24) is 4.57 Å². The number of benzene rings is 2. The summed E-state index contributed by atoms with van der Waals surface area (Å²) in [6.45, 7) is 2.26. The molecule has 0 unspecified atom stereocenters. The maximum absolute atomic E-state index is 11.5. The number of ether oxygens (including phenoxy) is 1. The van der Waals surface area contributed by atoms with Gasteiger partial charge in [-0.2, -0.15) is 0 Å². The molecule has 3 N–H and O–H groups in total. The zero-order valence-corrected chi connectivity index (χ0v) is 15.8. The smallest absolute Gasteiger partial charge is 0.305 e. The van der Waals surface area contributed by atoms with Crippen LogP contribution in [0.4, 0.5) is 0 Å². The van der Waals surface area contributed by atoms with E-state index >= 15 is 0 Å². The molecule has 3 rings (SSSR count). The first-order chi connectivity index (χ1) is 13.4. The molecule has 1 aromatic heterocycles. The Morgan fingerprint density at radius 2 is 1.79 bits per heavy atom. The van der Waals surface area contributed by atoms with E-state index in [-0.39, 0.29) is 6.42 Å². The second-order valence-corrected chi connectivity index (χ2v) is 6.54. The van der Waals surface area contributed by atoms with Gasteiger partial charge in [-0.05, 0) is 48.4 Å². The summed E-state index contributed by atoms with van der Waals surface area (Å²) in [5, 5.41) is 9.09. The summed E-state index contributed by atoms with van der Waals surface area (Å²) in [7, 11) is 1.62. The van der Waals surface area contributed by atoms with E-state index in [9.17, 15) is 9.59 Å². The molecular weight excluding hydrogens is 356 g/mol. The highest BCUT2D eigenvalue weighted by molar-refractivity contribution is 5.94. The number of amides is 1. The molecule has 6 heteroatoms. The lowest BCUT2D eigenvalue weighted by Gasteiger charge is -2.15. The van der Waals surface area contributed by atoms with Gasteiger partial charge in [-0.3, -0.25) is 9.59 Å². The van der Waals surface area contributed by atoms with Gasteiger partial charge in [0.2, 0.25) is 5.91 Å². The number of nitrogens with two attached hydrogens (primary N) is 1. The standard InChI is InChI=1S/C22H22N2O4/c1-14-13-16(22(23)27)5-8-18(14)21-19(9-11-24(21)12-10-20(25)26)15-3-6-17(28-2)7-4-15/h3-9,11,13H,10,12H2,1-2H3,(H2,23,27)(H,25,26). The molecule has 0 aliphatic rings. The molecule has 0 fully saturated rings. The summed E-state index contributed by atoms with van der Waals surface area (Å²) in [5.74, 6) is -0.574. The van der Waals surface area contributed by atoms with Crippen molar-refractivity contribution in [3.8, 4) is 28.1 Å². The molecule has 28 heavy (non-hydrogen) atoms. The zero-order chi connectivity index (χ0) is 20.3. The minimum Gasteiger partial charge on any atom is -0.497 e. The maximum atomic E-state index is 11.5. The summed E-state index contributed by atoms with van der Waals surface area (Å²) in [4.78, 5) is 22.6. The topological polar surface area (TPSA) is 94.6 Å². The fourth-order valence-corrected chi connectivity index (χ4v) is 3.26. The van der Waals surface area contributed by atoms with E-state index in [1.165, 1.54) is 0 Å². The largest absolute Gasteiger partial charge is 0.497 e. The van der Waals surface area contributed by atoms with Crippen LogP contribution in [0, 0.1) is 6.92 Å². The van der Waals surface area contributed by atoms with Crippen LogP contribution in [0.3, 0.4) is 0 Å². The Kier molecular flexibility index (Phi) is 5.49. The van der Waals surface area contributed by atoms with Crippen LogP contribution >= 0.6 is 0 Å². The number of aromatic nitrogens is 1. The van der Waals surface area contributed by atoms with Gasteiger partial charge in [0.05, 0.1) is 19.2 Å². The number of carbonyl (C=O) groups excluding carboxylic acids is 1. The molecule has 0 radical (unpaired) electrons. The summed E-state index contributed by atoms with van der Waals surface area (Å²) < 4.78 is 7.16. The molecule has 0 saturated heterocycles. The quantitative estimate of drug-likeness (QED) is 0.655. The lowest BCUT2D eigenvalue weighted by molar-refractivity contribution is -0.137. The molecule has 1 heterocycles. The number of aryl methyl sites for hydroxylation is 2. The van der Waals surface area contributed by atoms with Crippen molar-refractivity contribution in [2.45, 2.75) is 19.9 Å². The molecular formula is C22H22N2O4. The Morgan fingerprint density at radius 3 is 2.36 bits per heavy atom. The number of rotatable bonds is 7. The van der Waals surface area contributed by atoms with Gasteiger partial charge in [0.15, 0.2) is 0 Å². The summed E-state index contributed by atoms with van der Waals surface area (Å²) >= 11 is 0. The SMILES string of the molecule is COc1ccc(-c2ccn(CCC(=O)O)c2-c2ccc(C(N)=O)cc2C)cc1. The number of nitrogens with zero attached hydrogens (tertiary/aromatic N) is 1. The number of carboxylic acids is 1. The average molecular weight is 378 g/mol. The normalized spacial score (nSPS) is 10.6. The molecule has 0 saturated carbocycles. The van der Waals surface area contributed by atoms with Crippen molar-refractivity contribution < 1.29 is 19.4 Å². The van der Waals surface area contributed by atoms with E-state index in [0.29, 0.717) is 12.1 Å². The average Bonchev–Trinajstić information content (AvgIpc) is 3.10. The lowest BCUT2D eigenvalue weighted by Crippen LogP contribution is -2.11. The second-order valence-electron chi connectivity index (χ2n) is 6.54. The van der Waals surface area contributed by atoms with Gasteiger partial charge in [-0.1, -0.05) is 18.2 Å². The van der Waals surface area contributed by atoms with Crippen LogP contribution < -0.4 is 10.5 Å². The highest BCUT2D eigenvalue weighted by Crippen LogP contribution is 2.36. The molecule has 0 aliphatic carbocycles. The van der Waals surface area contributed by atoms with E-state index in [1.54, 1.807) is 19.2 Å². The lowest BCUT2D eigenvalue weighted by atomic mass is 9.96. The Balaban J connectivity index is 2.14. The fourth-order valence-electron chi connectivity index (χ4n) is 3.26. The van der Waals surface area contributed by atoms with Crippen LogP contribution in [0.5, 0.6) is 5.75 Å². The van der Waals surface area contributed by atoms with Crippen molar-refractivity contribution in [3.63, 3.8) is 0 Å². The summed E-state index contributed by atoms with van der Waals surface area (Å²) in [6, 6.07) is 15.0. The van der Waals surface area contributed by atoms with Crippen molar-refractivity contribution in [1.29, 1.82) is 0 Å². The van der Waals surface area contributed by atoms with Gasteiger partial charge in [0.25, 0.3) is 0 Å². The molecule has 0 atom stereocenters. The summed E-state index contributed by atoms with van der Waals surface area (Å²) in [5.41, 5.74) is 10.5. The monoisotopic (exact) mass is 378 g/mol. The predicted octanol–water partition coefficient (Wildman–Crippen LogP) is 3.71. The first kappa shape index (κ1) is 19.2. The van der Waals surface area contributed by atoms with E-state index in [2.05, 4.69) is 0 Å². The molecule has 2 aromatic carbocycles. The van der Waals surface area contributed by atoms with Gasteiger partial charge >= 0.3 is 5.97 Å². The first-order valence-electron chi connectivity index (χ1n) is 8.87. The number of hydrogen-bond acceptors (Lipinski definition) is 3. The molecule has 0 aliphatic heterocycles. The number of primary amides is 1. The third kappa shape index (κ3) is 3.91. The van der Waals surface area contributed by atoms with Crippen molar-refractivity contribution >= 4 is 11.9 Å². The van der Waals surface area contributed by atoms with Crippen molar-refractivity contribution in [2.75, 3.05) is 7.11 Å². The van der Waals surface area contributed by atoms with Crippen LogP contribution in [-0.4, -0.2) is 28.7 Å². The molecule has 0 spiro atoms. The number of carboxylic acid groups (broad SMARTS) is 1.